The van der Waals surface area contributed by atoms with Gasteiger partial charge in [0, 0.05) is 19.3 Å². The number of aliphatic hydroxyl groups is 2. The molecule has 33 heteroatoms. The molecule has 12 atom stereocenters. The second-order valence-corrected chi connectivity index (χ2v) is 22.6. The van der Waals surface area contributed by atoms with Crippen LogP contribution in [0.15, 0.2) is 24.3 Å². The number of carbonyl (C=O) groups is 12. The summed E-state index contributed by atoms with van der Waals surface area (Å²) < 4.78 is 4.72. The molecule has 1 aromatic carbocycles. The zero-order valence-corrected chi connectivity index (χ0v) is 50.0. The molecule has 480 valence electrons. The van der Waals surface area contributed by atoms with Crippen molar-refractivity contribution in [2.75, 3.05) is 13.2 Å². The Labute approximate surface area is 493 Å². The Hall–Kier alpha value is -7.19. The normalized spacial score (nSPS) is 15.7. The lowest BCUT2D eigenvalue weighted by molar-refractivity contribution is -0.142. The Morgan fingerprint density at radius 3 is 1.47 bits per heavy atom. The number of nitrogens with one attached hydrogen (secondary N) is 9. The van der Waals surface area contributed by atoms with Crippen LogP contribution in [0.25, 0.3) is 0 Å². The van der Waals surface area contributed by atoms with Crippen molar-refractivity contribution < 1.29 is 92.1 Å². The molecule has 85 heavy (non-hydrogen) atoms. The van der Waals surface area contributed by atoms with Crippen LogP contribution in [0.4, 0.5) is 0 Å². The molecule has 0 spiro atoms. The van der Waals surface area contributed by atoms with E-state index in [1.165, 1.54) is 52.0 Å². The van der Waals surface area contributed by atoms with Crippen molar-refractivity contribution in [3.63, 3.8) is 0 Å². The number of amides is 11. The number of benzene rings is 1. The summed E-state index contributed by atoms with van der Waals surface area (Å²) >= 11 is 0. The Morgan fingerprint density at radius 2 is 1.00 bits per heavy atom. The number of carboxylic acids is 1. The van der Waals surface area contributed by atoms with Crippen LogP contribution in [-0.4, -0.2) is 181 Å². The largest absolute Gasteiger partial charge is 0.613 e. The molecular formula is C52H89N13O19P+. The number of hydrogen-bond donors (Lipinski definition) is 19. The molecule has 32 nitrogen and oxygen atoms in total. The third-order valence-electron chi connectivity index (χ3n) is 13.1. The molecule has 0 aromatic heterocycles. The van der Waals surface area contributed by atoms with E-state index in [2.05, 4.69) is 47.9 Å². The molecule has 1 aromatic rings. The second kappa shape index (κ2) is 37.3. The van der Waals surface area contributed by atoms with Gasteiger partial charge < -0.3 is 86.1 Å². The van der Waals surface area contributed by atoms with E-state index in [0.717, 1.165) is 0 Å². The molecule has 11 amide bonds. The summed E-state index contributed by atoms with van der Waals surface area (Å²) in [4.78, 5) is 188. The molecule has 0 aliphatic heterocycles. The molecule has 0 fully saturated rings. The van der Waals surface area contributed by atoms with Crippen molar-refractivity contribution in [2.24, 2.45) is 40.7 Å². The molecule has 23 N–H and O–H groups in total. The number of rotatable bonds is 40. The van der Waals surface area contributed by atoms with E-state index in [1.807, 2.05) is 0 Å². The van der Waals surface area contributed by atoms with Gasteiger partial charge >= 0.3 is 14.1 Å². The van der Waals surface area contributed by atoms with E-state index in [-0.39, 0.29) is 55.9 Å². The molecule has 0 bridgehead atoms. The Morgan fingerprint density at radius 1 is 0.553 bits per heavy atom. The Bertz CT molecular complexity index is 2430. The van der Waals surface area contributed by atoms with Gasteiger partial charge in [0.25, 0.3) is 0 Å². The Balaban J connectivity index is 3.62. The summed E-state index contributed by atoms with van der Waals surface area (Å²) in [6.07, 6.45) is -2.67. The lowest BCUT2D eigenvalue weighted by atomic mass is 9.96. The first-order valence-corrected chi connectivity index (χ1v) is 29.2. The predicted octanol–water partition coefficient (Wildman–Crippen LogP) is -5.16. The monoisotopic (exact) mass is 1230 g/mol. The SMILES string of the molecule is CC[C@H](C)[C@H](NC(=O)[C@@H](NC(=O)[C@H](CC(C)C)NC(=O)[C@@H](N)CO)[C@@H](C)O)C(=O)N[C@@H](Cc1ccc(O[P+](O)(O)O)cc1)C(=O)N[C@@H](C)C(=O)N[C@@H](CCC(N)=O)C(=O)N[C@H](C(=O)N[C@@H](CCC(N)=O)C(=O)N[C@@H](CCCCN)C(=O)O)C(C)C. The quantitative estimate of drug-likeness (QED) is 0.0216. The highest BCUT2D eigenvalue weighted by Gasteiger charge is 2.39. The van der Waals surface area contributed by atoms with Gasteiger partial charge in [-0.15, -0.1) is 0 Å². The van der Waals surface area contributed by atoms with E-state index in [1.54, 1.807) is 27.7 Å². The smallest absolute Gasteiger partial charge is 0.480 e. The fourth-order valence-corrected chi connectivity index (χ4v) is 8.47. The third kappa shape index (κ3) is 28.5. The van der Waals surface area contributed by atoms with Crippen LogP contribution in [-0.2, 0) is 64.0 Å². The van der Waals surface area contributed by atoms with E-state index >= 15 is 0 Å². The van der Waals surface area contributed by atoms with Crippen LogP contribution in [0.5, 0.6) is 5.75 Å². The summed E-state index contributed by atoms with van der Waals surface area (Å²) in [6.45, 7) is 11.6. The summed E-state index contributed by atoms with van der Waals surface area (Å²) in [5, 5.41) is 51.8. The van der Waals surface area contributed by atoms with Crippen LogP contribution < -0.4 is 75.3 Å². The minimum Gasteiger partial charge on any atom is -0.480 e. The number of aliphatic carboxylic acids is 1. The van der Waals surface area contributed by atoms with Crippen molar-refractivity contribution in [1.29, 1.82) is 0 Å². The van der Waals surface area contributed by atoms with Crippen LogP contribution in [0.3, 0.4) is 0 Å². The first kappa shape index (κ1) is 75.8. The first-order valence-electron chi connectivity index (χ1n) is 27.7. The molecule has 0 heterocycles. The fraction of sp³-hybridized carbons (Fsp3) is 0.654. The molecular weight excluding hydrogens is 1140 g/mol. The highest BCUT2D eigenvalue weighted by Crippen LogP contribution is 2.46. The molecule has 0 saturated carbocycles. The molecule has 0 radical (unpaired) electrons. The number of hydrogen-bond acceptors (Lipinski definition) is 20. The van der Waals surface area contributed by atoms with Crippen molar-refractivity contribution in [2.45, 2.75) is 186 Å². The van der Waals surface area contributed by atoms with Crippen molar-refractivity contribution in [1.82, 2.24) is 47.9 Å². The molecule has 1 rings (SSSR count). The molecule has 0 saturated heterocycles. The van der Waals surface area contributed by atoms with E-state index < -0.39 is 183 Å². The van der Waals surface area contributed by atoms with Gasteiger partial charge in [0.05, 0.1) is 12.7 Å². The van der Waals surface area contributed by atoms with E-state index in [9.17, 15) is 87.5 Å². The maximum atomic E-state index is 14.4. The first-order chi connectivity index (χ1) is 39.5. The zero-order chi connectivity index (χ0) is 65.1. The van der Waals surface area contributed by atoms with Crippen LogP contribution >= 0.6 is 8.17 Å². The zero-order valence-electron chi connectivity index (χ0n) is 49.1. The number of nitrogens with two attached hydrogens (primary N) is 4. The summed E-state index contributed by atoms with van der Waals surface area (Å²) in [6, 6.07) is -10.1. The van der Waals surface area contributed by atoms with Gasteiger partial charge in [0.15, 0.2) is 5.75 Å². The summed E-state index contributed by atoms with van der Waals surface area (Å²) in [5.41, 5.74) is 22.1. The van der Waals surface area contributed by atoms with Gasteiger partial charge in [-0.25, -0.2) is 4.79 Å². The minimum atomic E-state index is -4.76. The maximum Gasteiger partial charge on any atom is 0.613 e. The van der Waals surface area contributed by atoms with Gasteiger partial charge in [0.1, 0.15) is 60.4 Å². The van der Waals surface area contributed by atoms with Crippen molar-refractivity contribution >= 4 is 79.1 Å². The highest BCUT2D eigenvalue weighted by molar-refractivity contribution is 7.53. The third-order valence-corrected chi connectivity index (χ3v) is 13.6. The van der Waals surface area contributed by atoms with Crippen molar-refractivity contribution in [3.8, 4) is 5.75 Å². The minimum absolute atomic E-state index is 0.0108. The lowest BCUT2D eigenvalue weighted by Gasteiger charge is -2.30. The predicted molar refractivity (Wildman–Crippen MR) is 305 cm³/mol. The number of carboxylic acid groups (broad SMARTS) is 1. The van der Waals surface area contributed by atoms with Crippen LogP contribution in [0, 0.1) is 17.8 Å². The standard InChI is InChI=1S/C52H88N13O19P/c1-9-27(6)41(64-51(78)42(29(8)67)65-48(75)36(22-25(2)3)61-44(71)32(54)24-66)50(77)62-37(23-30-13-15-31(16-14-30)84-85(81,82)83)47(74)57-28(7)43(70)58-34(18-20-39(56)69)46(73)63-40(26(4)5)49(76)59-33(17-19-38(55)68)45(72)60-35(52(79)80)12-10-11-21-53/h13-16,25-29,32-37,40-42,66-67,81-83H,9-12,17-24,53-54H2,1-8H3,(H13-,55,56,57,58,59,60,61,62,63,64,65,68,69,70,71,72,73,74,75,76,77,78,79,80)/p+1/t27-,28-,29+,32-,33-,34-,35-,36-,37-,40-,41-,42-/m0/s1. The summed E-state index contributed by atoms with van der Waals surface area (Å²) in [5.74, 6) is -13.9. The lowest BCUT2D eigenvalue weighted by Crippen LogP contribution is -2.62. The average molecular weight is 1230 g/mol. The van der Waals surface area contributed by atoms with E-state index in [4.69, 9.17) is 27.5 Å². The number of unbranched alkanes of at least 4 members (excludes halogenated alkanes) is 1. The van der Waals surface area contributed by atoms with E-state index in [0.29, 0.717) is 12.8 Å². The van der Waals surface area contributed by atoms with Crippen molar-refractivity contribution in [3.05, 3.63) is 29.8 Å². The average Bonchev–Trinajstić information content (AvgIpc) is 3.61. The molecule has 0 aliphatic carbocycles. The highest BCUT2D eigenvalue weighted by atomic mass is 31.2. The topological polar surface area (TPSA) is 548 Å². The van der Waals surface area contributed by atoms with Gasteiger partial charge in [0.2, 0.25) is 65.0 Å². The number of carbonyl (C=O) groups excluding carboxylic acids is 11. The number of aliphatic hydroxyl groups excluding tert-OH is 2. The summed E-state index contributed by atoms with van der Waals surface area (Å²) in [7, 11) is -4.76. The number of primary amides is 2. The van der Waals surface area contributed by atoms with Gasteiger partial charge in [-0.1, -0.05) is 60.1 Å². The molecule has 0 aliphatic rings. The van der Waals surface area contributed by atoms with Gasteiger partial charge in [-0.3, -0.25) is 57.3 Å². The van der Waals surface area contributed by atoms with Crippen LogP contribution in [0.1, 0.15) is 119 Å². The van der Waals surface area contributed by atoms with Gasteiger partial charge in [-0.2, -0.15) is 14.7 Å². The van der Waals surface area contributed by atoms with Crippen LogP contribution in [0.2, 0.25) is 0 Å². The second-order valence-electron chi connectivity index (χ2n) is 21.4. The Kier molecular flexibility index (Phi) is 33.3. The van der Waals surface area contributed by atoms with Gasteiger partial charge in [-0.05, 0) is 94.4 Å². The maximum absolute atomic E-state index is 14.4. The fourth-order valence-electron chi connectivity index (χ4n) is 8.06. The molecule has 0 unspecified atom stereocenters.